The summed E-state index contributed by atoms with van der Waals surface area (Å²) in [4.78, 5) is 16.0. The highest BCUT2D eigenvalue weighted by molar-refractivity contribution is 5.89. The first-order valence-electron chi connectivity index (χ1n) is 8.33. The fourth-order valence-corrected chi connectivity index (χ4v) is 2.99. The van der Waals surface area contributed by atoms with Crippen LogP contribution in [0.2, 0.25) is 0 Å². The van der Waals surface area contributed by atoms with Crippen molar-refractivity contribution in [2.45, 2.75) is 38.9 Å². The average molecular weight is 346 g/mol. The van der Waals surface area contributed by atoms with Crippen LogP contribution in [0.5, 0.6) is 5.75 Å². The summed E-state index contributed by atoms with van der Waals surface area (Å²) >= 11 is 0. The van der Waals surface area contributed by atoms with Gasteiger partial charge in [0.1, 0.15) is 5.75 Å². The number of nitrogens with zero attached hydrogens (tertiary/aromatic N) is 2. The topological polar surface area (TPSA) is 83.7 Å². The van der Waals surface area contributed by atoms with Gasteiger partial charge < -0.3 is 18.7 Å². The van der Waals surface area contributed by atoms with Crippen LogP contribution in [0, 0.1) is 5.92 Å². The molecule has 0 radical (unpaired) electrons. The number of carbonyl (C=O) groups is 1. The summed E-state index contributed by atoms with van der Waals surface area (Å²) < 4.78 is 21.5. The summed E-state index contributed by atoms with van der Waals surface area (Å²) in [5.41, 5.74) is 0.427. The number of esters is 1. The van der Waals surface area contributed by atoms with Gasteiger partial charge in [-0.3, -0.25) is 0 Å². The van der Waals surface area contributed by atoms with Crippen molar-refractivity contribution in [3.63, 3.8) is 0 Å². The van der Waals surface area contributed by atoms with E-state index in [2.05, 4.69) is 24.0 Å². The number of hydrogen-bond acceptors (Lipinski definition) is 7. The first-order chi connectivity index (χ1) is 12.1. The number of aromatic nitrogens is 2. The Morgan fingerprint density at radius 1 is 1.40 bits per heavy atom. The molecule has 7 nitrogen and oxygen atoms in total. The molecule has 1 aromatic carbocycles. The van der Waals surface area contributed by atoms with E-state index in [-0.39, 0.29) is 18.6 Å². The molecule has 7 heteroatoms. The van der Waals surface area contributed by atoms with Crippen LogP contribution in [-0.2, 0) is 16.1 Å². The van der Waals surface area contributed by atoms with Gasteiger partial charge in [0.2, 0.25) is 11.7 Å². The molecule has 3 rings (SSSR count). The number of rotatable bonds is 6. The van der Waals surface area contributed by atoms with Crippen LogP contribution < -0.4 is 4.74 Å². The zero-order chi connectivity index (χ0) is 17.8. The molecule has 0 spiro atoms. The fraction of sp³-hybridized carbons (Fsp3) is 0.500. The van der Waals surface area contributed by atoms with E-state index in [0.29, 0.717) is 35.6 Å². The Labute approximate surface area is 146 Å². The van der Waals surface area contributed by atoms with Crippen LogP contribution in [0.4, 0.5) is 0 Å². The minimum Gasteiger partial charge on any atom is -0.485 e. The van der Waals surface area contributed by atoms with Gasteiger partial charge >= 0.3 is 5.97 Å². The van der Waals surface area contributed by atoms with Crippen molar-refractivity contribution in [3.8, 4) is 5.75 Å². The quantitative estimate of drug-likeness (QED) is 0.744. The lowest BCUT2D eigenvalue weighted by molar-refractivity contribution is 0.0600. The van der Waals surface area contributed by atoms with E-state index in [1.54, 1.807) is 24.3 Å². The van der Waals surface area contributed by atoms with E-state index in [1.807, 2.05) is 0 Å². The predicted molar refractivity (Wildman–Crippen MR) is 88.3 cm³/mol. The number of ether oxygens (including phenoxy) is 3. The second-order valence-corrected chi connectivity index (χ2v) is 6.33. The van der Waals surface area contributed by atoms with Gasteiger partial charge in [0.05, 0.1) is 24.7 Å². The standard InChI is InChI=1S/C18H22N2O5/c1-11(2)16-14(7-8-23-16)17-19-15(20-25-17)10-24-13-6-4-5-12(9-13)18(21)22-3/h4-6,9,11,14,16H,7-8,10H2,1-3H3/t14-,16-/m1/s1. The maximum Gasteiger partial charge on any atom is 0.337 e. The molecule has 2 atom stereocenters. The number of carbonyl (C=O) groups excluding carboxylic acids is 1. The Bertz CT molecular complexity index is 728. The first-order valence-corrected chi connectivity index (χ1v) is 8.33. The molecule has 25 heavy (non-hydrogen) atoms. The van der Waals surface area contributed by atoms with Gasteiger partial charge in [0.15, 0.2) is 6.61 Å². The molecule has 0 aliphatic carbocycles. The van der Waals surface area contributed by atoms with Gasteiger partial charge in [-0.15, -0.1) is 0 Å². The Morgan fingerprint density at radius 2 is 2.24 bits per heavy atom. The second kappa shape index (κ2) is 7.65. The maximum absolute atomic E-state index is 11.5. The third kappa shape index (κ3) is 3.99. The lowest BCUT2D eigenvalue weighted by Gasteiger charge is -2.18. The molecule has 0 N–H and O–H groups in total. The summed E-state index contributed by atoms with van der Waals surface area (Å²) in [7, 11) is 1.34. The molecular formula is C18H22N2O5. The highest BCUT2D eigenvalue weighted by Crippen LogP contribution is 2.34. The predicted octanol–water partition coefficient (Wildman–Crippen LogP) is 2.96. The lowest BCUT2D eigenvalue weighted by atomic mass is 9.93. The Hall–Kier alpha value is -2.41. The molecule has 2 aromatic rings. The van der Waals surface area contributed by atoms with Crippen molar-refractivity contribution in [2.24, 2.45) is 5.92 Å². The van der Waals surface area contributed by atoms with Gasteiger partial charge in [0.25, 0.3) is 0 Å². The van der Waals surface area contributed by atoms with Gasteiger partial charge in [-0.25, -0.2) is 4.79 Å². The molecule has 1 saturated heterocycles. The molecule has 134 valence electrons. The molecule has 2 heterocycles. The van der Waals surface area contributed by atoms with Crippen molar-refractivity contribution in [2.75, 3.05) is 13.7 Å². The van der Waals surface area contributed by atoms with Crippen LogP contribution in [0.25, 0.3) is 0 Å². The normalized spacial score (nSPS) is 20.0. The van der Waals surface area contributed by atoms with Crippen LogP contribution >= 0.6 is 0 Å². The minimum absolute atomic E-state index is 0.103. The molecule has 1 aromatic heterocycles. The van der Waals surface area contributed by atoms with E-state index < -0.39 is 5.97 Å². The molecule has 0 saturated carbocycles. The average Bonchev–Trinajstić information content (AvgIpc) is 3.28. The Kier molecular flexibility index (Phi) is 5.33. The fourth-order valence-electron chi connectivity index (χ4n) is 2.99. The molecule has 0 amide bonds. The molecule has 1 aliphatic rings. The van der Waals surface area contributed by atoms with Crippen molar-refractivity contribution >= 4 is 5.97 Å². The van der Waals surface area contributed by atoms with Gasteiger partial charge in [0, 0.05) is 6.61 Å². The molecule has 0 bridgehead atoms. The zero-order valence-corrected chi connectivity index (χ0v) is 14.6. The van der Waals surface area contributed by atoms with Crippen molar-refractivity contribution < 1.29 is 23.5 Å². The highest BCUT2D eigenvalue weighted by atomic mass is 16.5. The van der Waals surface area contributed by atoms with E-state index in [0.717, 1.165) is 6.42 Å². The van der Waals surface area contributed by atoms with Gasteiger partial charge in [-0.2, -0.15) is 4.98 Å². The SMILES string of the molecule is COC(=O)c1cccc(OCc2noc([C@@H]3CCO[C@@H]3C(C)C)n2)c1. The molecule has 1 aliphatic heterocycles. The zero-order valence-electron chi connectivity index (χ0n) is 14.6. The number of benzene rings is 1. The van der Waals surface area contributed by atoms with Gasteiger partial charge in [-0.1, -0.05) is 25.1 Å². The Morgan fingerprint density at radius 3 is 3.00 bits per heavy atom. The van der Waals surface area contributed by atoms with Crippen molar-refractivity contribution in [1.29, 1.82) is 0 Å². The smallest absolute Gasteiger partial charge is 0.337 e. The summed E-state index contributed by atoms with van der Waals surface area (Å²) in [5.74, 6) is 1.71. The van der Waals surface area contributed by atoms with E-state index in [4.69, 9.17) is 18.7 Å². The highest BCUT2D eigenvalue weighted by Gasteiger charge is 2.35. The summed E-state index contributed by atoms with van der Waals surface area (Å²) in [6.45, 7) is 5.12. The van der Waals surface area contributed by atoms with Crippen LogP contribution in [-0.4, -0.2) is 35.9 Å². The third-order valence-corrected chi connectivity index (χ3v) is 4.22. The van der Waals surface area contributed by atoms with Crippen LogP contribution in [0.15, 0.2) is 28.8 Å². The van der Waals surface area contributed by atoms with Gasteiger partial charge in [-0.05, 0) is 30.5 Å². The maximum atomic E-state index is 11.5. The second-order valence-electron chi connectivity index (χ2n) is 6.33. The number of methoxy groups -OCH3 is 1. The summed E-state index contributed by atoms with van der Waals surface area (Å²) in [5, 5.41) is 3.99. The monoisotopic (exact) mass is 346 g/mol. The van der Waals surface area contributed by atoms with Crippen molar-refractivity contribution in [3.05, 3.63) is 41.5 Å². The molecule has 0 unspecified atom stereocenters. The van der Waals surface area contributed by atoms with Crippen LogP contribution in [0.1, 0.15) is 48.3 Å². The van der Waals surface area contributed by atoms with Crippen LogP contribution in [0.3, 0.4) is 0 Å². The molecule has 1 fully saturated rings. The van der Waals surface area contributed by atoms with Crippen molar-refractivity contribution in [1.82, 2.24) is 10.1 Å². The van der Waals surface area contributed by atoms with E-state index in [1.165, 1.54) is 7.11 Å². The van der Waals surface area contributed by atoms with E-state index >= 15 is 0 Å². The Balaban J connectivity index is 1.63. The largest absolute Gasteiger partial charge is 0.485 e. The third-order valence-electron chi connectivity index (χ3n) is 4.22. The number of hydrogen-bond donors (Lipinski definition) is 0. The van der Waals surface area contributed by atoms with E-state index in [9.17, 15) is 4.79 Å². The summed E-state index contributed by atoms with van der Waals surface area (Å²) in [6, 6.07) is 6.77. The first kappa shape index (κ1) is 17.4. The summed E-state index contributed by atoms with van der Waals surface area (Å²) in [6.07, 6.45) is 0.984. The molecular weight excluding hydrogens is 324 g/mol. The minimum atomic E-state index is -0.409. The lowest BCUT2D eigenvalue weighted by Crippen LogP contribution is -2.21.